The average Bonchev–Trinajstić information content (AvgIpc) is 3.38. The first-order valence-corrected chi connectivity index (χ1v) is 9.04. The number of carbonyl (C=O) groups is 2. The Morgan fingerprint density at radius 3 is 2.43 bits per heavy atom. The lowest BCUT2D eigenvalue weighted by Crippen LogP contribution is -2.53. The van der Waals surface area contributed by atoms with Gasteiger partial charge >= 0.3 is 6.03 Å². The molecule has 1 aliphatic carbocycles. The topological polar surface area (TPSA) is 61.9 Å². The Morgan fingerprint density at radius 2 is 1.78 bits per heavy atom. The van der Waals surface area contributed by atoms with Gasteiger partial charge in [-0.3, -0.25) is 4.79 Å². The van der Waals surface area contributed by atoms with E-state index < -0.39 is 0 Å². The summed E-state index contributed by atoms with van der Waals surface area (Å²) in [6.45, 7) is 5.49. The first kappa shape index (κ1) is 16.6. The molecule has 23 heavy (non-hydrogen) atoms. The predicted octanol–water partition coefficient (Wildman–Crippen LogP) is 1.60. The lowest BCUT2D eigenvalue weighted by Gasteiger charge is -2.36. The third-order valence-corrected chi connectivity index (χ3v) is 5.20. The van der Waals surface area contributed by atoms with E-state index in [2.05, 4.69) is 5.32 Å². The lowest BCUT2D eigenvalue weighted by molar-refractivity contribution is -0.129. The van der Waals surface area contributed by atoms with E-state index in [4.69, 9.17) is 4.74 Å². The highest BCUT2D eigenvalue weighted by molar-refractivity contribution is 5.75. The SMILES string of the molecule is CC(=O)N1CCC(NC(=O)N2CCCC(OCC3CC3)C2)CC1. The lowest BCUT2D eigenvalue weighted by atomic mass is 10.0. The molecule has 0 aromatic carbocycles. The highest BCUT2D eigenvalue weighted by atomic mass is 16.5. The maximum atomic E-state index is 12.5. The van der Waals surface area contributed by atoms with Crippen LogP contribution in [0.1, 0.15) is 45.4 Å². The first-order chi connectivity index (χ1) is 11.1. The van der Waals surface area contributed by atoms with Gasteiger partial charge in [-0.25, -0.2) is 4.79 Å². The zero-order chi connectivity index (χ0) is 16.2. The van der Waals surface area contributed by atoms with Gasteiger partial charge in [-0.1, -0.05) is 0 Å². The second kappa shape index (κ2) is 7.51. The molecule has 6 heteroatoms. The maximum absolute atomic E-state index is 12.5. The van der Waals surface area contributed by atoms with Crippen molar-refractivity contribution in [1.29, 1.82) is 0 Å². The van der Waals surface area contributed by atoms with Gasteiger partial charge in [0.05, 0.1) is 6.10 Å². The van der Waals surface area contributed by atoms with Gasteiger partial charge in [-0.2, -0.15) is 0 Å². The van der Waals surface area contributed by atoms with Crippen LogP contribution in [0.2, 0.25) is 0 Å². The fourth-order valence-electron chi connectivity index (χ4n) is 3.42. The Balaban J connectivity index is 1.39. The van der Waals surface area contributed by atoms with Gasteiger partial charge in [0.1, 0.15) is 0 Å². The fourth-order valence-corrected chi connectivity index (χ4v) is 3.42. The molecular weight excluding hydrogens is 294 g/mol. The zero-order valence-electron chi connectivity index (χ0n) is 14.1. The molecule has 2 heterocycles. The van der Waals surface area contributed by atoms with E-state index in [9.17, 15) is 9.59 Å². The number of ether oxygens (including phenoxy) is 1. The third-order valence-electron chi connectivity index (χ3n) is 5.20. The van der Waals surface area contributed by atoms with Crippen LogP contribution in [-0.2, 0) is 9.53 Å². The molecule has 0 aromatic rings. The molecule has 1 saturated carbocycles. The van der Waals surface area contributed by atoms with Gasteiger partial charge in [-0.15, -0.1) is 0 Å². The molecule has 0 spiro atoms. The van der Waals surface area contributed by atoms with Crippen LogP contribution < -0.4 is 5.32 Å². The Morgan fingerprint density at radius 1 is 1.04 bits per heavy atom. The Labute approximate surface area is 138 Å². The Bertz CT molecular complexity index is 431. The molecular formula is C17H29N3O3. The molecule has 1 unspecified atom stereocenters. The largest absolute Gasteiger partial charge is 0.376 e. The van der Waals surface area contributed by atoms with Crippen molar-refractivity contribution in [3.8, 4) is 0 Å². The van der Waals surface area contributed by atoms with Crippen molar-refractivity contribution >= 4 is 11.9 Å². The molecule has 0 aromatic heterocycles. The normalized spacial score (nSPS) is 26.2. The van der Waals surface area contributed by atoms with E-state index in [1.807, 2.05) is 9.80 Å². The molecule has 1 N–H and O–H groups in total. The smallest absolute Gasteiger partial charge is 0.317 e. The van der Waals surface area contributed by atoms with Gasteiger partial charge in [0.15, 0.2) is 0 Å². The minimum Gasteiger partial charge on any atom is -0.376 e. The van der Waals surface area contributed by atoms with Crippen molar-refractivity contribution in [2.45, 2.75) is 57.6 Å². The third kappa shape index (κ3) is 4.83. The summed E-state index contributed by atoms with van der Waals surface area (Å²) < 4.78 is 5.95. The standard InChI is InChI=1S/C17H29N3O3/c1-13(21)19-9-6-15(7-10-19)18-17(22)20-8-2-3-16(11-20)23-12-14-4-5-14/h14-16H,2-12H2,1H3,(H,18,22). The van der Waals surface area contributed by atoms with Crippen molar-refractivity contribution in [1.82, 2.24) is 15.1 Å². The molecule has 3 amide bonds. The van der Waals surface area contributed by atoms with Crippen LogP contribution in [0.4, 0.5) is 4.79 Å². The van der Waals surface area contributed by atoms with Crippen LogP contribution in [0, 0.1) is 5.92 Å². The van der Waals surface area contributed by atoms with Crippen LogP contribution >= 0.6 is 0 Å². The quantitative estimate of drug-likeness (QED) is 0.855. The molecule has 3 fully saturated rings. The maximum Gasteiger partial charge on any atom is 0.317 e. The van der Waals surface area contributed by atoms with Crippen molar-refractivity contribution in [2.24, 2.45) is 5.92 Å². The van der Waals surface area contributed by atoms with E-state index >= 15 is 0 Å². The van der Waals surface area contributed by atoms with Crippen molar-refractivity contribution in [3.05, 3.63) is 0 Å². The number of piperidine rings is 2. The van der Waals surface area contributed by atoms with E-state index in [0.717, 1.165) is 57.8 Å². The minimum absolute atomic E-state index is 0.0333. The number of urea groups is 1. The highest BCUT2D eigenvalue weighted by Gasteiger charge is 2.29. The number of nitrogens with zero attached hydrogens (tertiary/aromatic N) is 2. The summed E-state index contributed by atoms with van der Waals surface area (Å²) in [5.74, 6) is 0.895. The molecule has 0 radical (unpaired) electrons. The van der Waals surface area contributed by atoms with E-state index in [0.29, 0.717) is 6.54 Å². The average molecular weight is 323 g/mol. The van der Waals surface area contributed by atoms with Crippen molar-refractivity contribution < 1.29 is 14.3 Å². The number of rotatable bonds is 4. The number of hydrogen-bond donors (Lipinski definition) is 1. The number of hydrogen-bond acceptors (Lipinski definition) is 3. The number of nitrogens with one attached hydrogen (secondary N) is 1. The molecule has 1 atom stereocenters. The molecule has 3 aliphatic rings. The van der Waals surface area contributed by atoms with Crippen LogP contribution in [0.3, 0.4) is 0 Å². The van der Waals surface area contributed by atoms with Crippen LogP contribution in [0.5, 0.6) is 0 Å². The van der Waals surface area contributed by atoms with Gasteiger partial charge in [0.25, 0.3) is 0 Å². The predicted molar refractivity (Wildman–Crippen MR) is 87.1 cm³/mol. The second-order valence-electron chi connectivity index (χ2n) is 7.22. The number of carbonyl (C=O) groups excluding carboxylic acids is 2. The first-order valence-electron chi connectivity index (χ1n) is 9.04. The zero-order valence-corrected chi connectivity index (χ0v) is 14.1. The van der Waals surface area contributed by atoms with E-state index in [1.165, 1.54) is 12.8 Å². The van der Waals surface area contributed by atoms with Crippen molar-refractivity contribution in [2.75, 3.05) is 32.8 Å². The molecule has 130 valence electrons. The minimum atomic E-state index is 0.0333. The Hall–Kier alpha value is -1.30. The van der Waals surface area contributed by atoms with Crippen LogP contribution in [0.25, 0.3) is 0 Å². The van der Waals surface area contributed by atoms with Gasteiger partial charge in [0.2, 0.25) is 5.91 Å². The van der Waals surface area contributed by atoms with Gasteiger partial charge in [0, 0.05) is 45.8 Å². The summed E-state index contributed by atoms with van der Waals surface area (Å²) >= 11 is 0. The van der Waals surface area contributed by atoms with Crippen LogP contribution in [-0.4, -0.2) is 66.7 Å². The van der Waals surface area contributed by atoms with Gasteiger partial charge < -0.3 is 19.9 Å². The summed E-state index contributed by atoms with van der Waals surface area (Å²) in [6.07, 6.45) is 6.58. The molecule has 6 nitrogen and oxygen atoms in total. The van der Waals surface area contributed by atoms with E-state index in [1.54, 1.807) is 6.92 Å². The summed E-state index contributed by atoms with van der Waals surface area (Å²) in [6, 6.07) is 0.219. The summed E-state index contributed by atoms with van der Waals surface area (Å²) in [7, 11) is 0. The fraction of sp³-hybridized carbons (Fsp3) is 0.882. The summed E-state index contributed by atoms with van der Waals surface area (Å²) in [5, 5.41) is 3.14. The summed E-state index contributed by atoms with van der Waals surface area (Å²) in [5.41, 5.74) is 0. The number of amides is 3. The Kier molecular flexibility index (Phi) is 5.41. The van der Waals surface area contributed by atoms with Crippen molar-refractivity contribution in [3.63, 3.8) is 0 Å². The molecule has 0 bridgehead atoms. The second-order valence-corrected chi connectivity index (χ2v) is 7.22. The number of likely N-dealkylation sites (tertiary alicyclic amines) is 2. The monoisotopic (exact) mass is 323 g/mol. The van der Waals surface area contributed by atoms with Gasteiger partial charge in [-0.05, 0) is 44.4 Å². The molecule has 2 saturated heterocycles. The van der Waals surface area contributed by atoms with Crippen LogP contribution in [0.15, 0.2) is 0 Å². The summed E-state index contributed by atoms with van der Waals surface area (Å²) in [4.78, 5) is 27.6. The van der Waals surface area contributed by atoms with E-state index in [-0.39, 0.29) is 24.1 Å². The molecule has 2 aliphatic heterocycles. The molecule has 3 rings (SSSR count). The highest BCUT2D eigenvalue weighted by Crippen LogP contribution is 2.30.